The van der Waals surface area contributed by atoms with Crippen molar-refractivity contribution in [1.82, 2.24) is 4.98 Å². The van der Waals surface area contributed by atoms with Crippen LogP contribution in [-0.4, -0.2) is 9.91 Å². The summed E-state index contributed by atoms with van der Waals surface area (Å²) in [6.07, 6.45) is 4.98. The summed E-state index contributed by atoms with van der Waals surface area (Å²) in [5.74, 6) is 0.468. The minimum atomic E-state index is -0.439. The number of fused-ring (bicyclic) bond motifs is 1. The summed E-state index contributed by atoms with van der Waals surface area (Å²) in [6, 6.07) is 8.26. The van der Waals surface area contributed by atoms with E-state index in [4.69, 9.17) is 4.42 Å². The van der Waals surface area contributed by atoms with Crippen molar-refractivity contribution >= 4 is 16.8 Å². The molecule has 0 saturated carbocycles. The highest BCUT2D eigenvalue weighted by atomic mass is 127. The smallest absolute Gasteiger partial charge is 0.271 e. The zero-order chi connectivity index (χ0) is 14.8. The molecule has 7 heteroatoms. The van der Waals surface area contributed by atoms with Gasteiger partial charge in [-0.2, -0.15) is 0 Å². The first-order valence-corrected chi connectivity index (χ1v) is 6.72. The molecule has 22 heavy (non-hydrogen) atoms. The first kappa shape index (κ1) is 16.3. The lowest BCUT2D eigenvalue weighted by Crippen LogP contribution is -3.00. The van der Waals surface area contributed by atoms with Crippen molar-refractivity contribution in [2.75, 3.05) is 0 Å². The third-order valence-electron chi connectivity index (χ3n) is 3.17. The normalized spacial score (nSPS) is 10.4. The first-order valence-electron chi connectivity index (χ1n) is 6.72. The number of benzene rings is 1. The zero-order valence-electron chi connectivity index (χ0n) is 11.9. The highest BCUT2D eigenvalue weighted by Gasteiger charge is 2.14. The number of pyridine rings is 1. The Balaban J connectivity index is 0.00000176. The van der Waals surface area contributed by atoms with Crippen molar-refractivity contribution in [3.05, 3.63) is 52.8 Å². The molecule has 0 atom stereocenters. The fraction of sp³-hybridized carbons (Fsp3) is 0.200. The number of hydrogen-bond donors (Lipinski definition) is 0. The van der Waals surface area contributed by atoms with Crippen LogP contribution in [-0.2, 0) is 6.54 Å². The van der Waals surface area contributed by atoms with Crippen LogP contribution in [0.5, 0.6) is 0 Å². The molecule has 0 N–H and O–H groups in total. The maximum atomic E-state index is 10.8. The molecule has 1 aromatic carbocycles. The highest BCUT2D eigenvalue weighted by molar-refractivity contribution is 5.78. The summed E-state index contributed by atoms with van der Waals surface area (Å²) in [7, 11) is 0. The Morgan fingerprint density at radius 1 is 1.36 bits per heavy atom. The SMILES string of the molecule is CCC[n+]1cccc(-c2nc3cc([N+](=O)[O-])ccc3o2)c1.[I-]. The van der Waals surface area contributed by atoms with E-state index in [1.807, 2.05) is 24.5 Å². The molecule has 0 aliphatic heterocycles. The van der Waals surface area contributed by atoms with Crippen molar-refractivity contribution < 1.29 is 37.9 Å². The van der Waals surface area contributed by atoms with Gasteiger partial charge in [0.25, 0.3) is 5.69 Å². The summed E-state index contributed by atoms with van der Waals surface area (Å²) in [4.78, 5) is 14.7. The van der Waals surface area contributed by atoms with Crippen molar-refractivity contribution in [2.24, 2.45) is 0 Å². The third-order valence-corrected chi connectivity index (χ3v) is 3.17. The van der Waals surface area contributed by atoms with Gasteiger partial charge in [0.1, 0.15) is 17.6 Å². The number of halogens is 1. The molecule has 2 heterocycles. The molecule has 0 radical (unpaired) electrons. The third kappa shape index (κ3) is 3.24. The lowest BCUT2D eigenvalue weighted by molar-refractivity contribution is -0.696. The van der Waals surface area contributed by atoms with Crippen LogP contribution < -0.4 is 28.5 Å². The number of nitro groups is 1. The number of non-ortho nitro benzene ring substituents is 1. The van der Waals surface area contributed by atoms with Gasteiger partial charge in [-0.3, -0.25) is 10.1 Å². The number of hydrogen-bond acceptors (Lipinski definition) is 4. The van der Waals surface area contributed by atoms with Crippen LogP contribution in [0.2, 0.25) is 0 Å². The number of nitrogens with zero attached hydrogens (tertiary/aromatic N) is 3. The number of aromatic nitrogens is 2. The second-order valence-electron chi connectivity index (χ2n) is 4.76. The van der Waals surface area contributed by atoms with Gasteiger partial charge in [-0.15, -0.1) is 0 Å². The number of nitro benzene ring substituents is 1. The van der Waals surface area contributed by atoms with Crippen molar-refractivity contribution in [2.45, 2.75) is 19.9 Å². The monoisotopic (exact) mass is 411 g/mol. The second-order valence-corrected chi connectivity index (χ2v) is 4.76. The second kappa shape index (κ2) is 6.82. The van der Waals surface area contributed by atoms with Gasteiger partial charge in [0.2, 0.25) is 5.89 Å². The Morgan fingerprint density at radius 2 is 2.18 bits per heavy atom. The quantitative estimate of drug-likeness (QED) is 0.264. The lowest BCUT2D eigenvalue weighted by atomic mass is 10.3. The van der Waals surface area contributed by atoms with Crippen LogP contribution >= 0.6 is 0 Å². The summed E-state index contributed by atoms with van der Waals surface area (Å²) >= 11 is 0. The van der Waals surface area contributed by atoms with Gasteiger partial charge < -0.3 is 28.4 Å². The van der Waals surface area contributed by atoms with Crippen LogP contribution in [0, 0.1) is 10.1 Å². The van der Waals surface area contributed by atoms with E-state index in [0.717, 1.165) is 18.5 Å². The van der Waals surface area contributed by atoms with Gasteiger partial charge in [-0.25, -0.2) is 9.55 Å². The molecule has 0 bridgehead atoms. The van der Waals surface area contributed by atoms with E-state index >= 15 is 0 Å². The molecule has 3 aromatic rings. The summed E-state index contributed by atoms with van der Waals surface area (Å²) < 4.78 is 7.74. The van der Waals surface area contributed by atoms with Crippen LogP contribution in [0.25, 0.3) is 22.6 Å². The van der Waals surface area contributed by atoms with E-state index in [9.17, 15) is 10.1 Å². The van der Waals surface area contributed by atoms with E-state index in [0.29, 0.717) is 17.0 Å². The molecule has 3 rings (SSSR count). The predicted octanol–water partition coefficient (Wildman–Crippen LogP) is 0.104. The lowest BCUT2D eigenvalue weighted by Gasteiger charge is -1.95. The largest absolute Gasteiger partial charge is 1.00 e. The summed E-state index contributed by atoms with van der Waals surface area (Å²) in [5, 5.41) is 10.8. The fourth-order valence-corrected chi connectivity index (χ4v) is 2.20. The number of rotatable bonds is 4. The summed E-state index contributed by atoms with van der Waals surface area (Å²) in [6.45, 7) is 3.03. The van der Waals surface area contributed by atoms with Gasteiger partial charge in [-0.05, 0) is 12.1 Å². The molecule has 2 aromatic heterocycles. The molecular formula is C15H14IN3O3. The number of aryl methyl sites for hydroxylation is 1. The van der Waals surface area contributed by atoms with E-state index in [1.165, 1.54) is 12.1 Å². The van der Waals surface area contributed by atoms with Gasteiger partial charge in [-0.1, -0.05) is 6.92 Å². The topological polar surface area (TPSA) is 73.0 Å². The Morgan fingerprint density at radius 3 is 2.91 bits per heavy atom. The molecule has 0 fully saturated rings. The van der Waals surface area contributed by atoms with E-state index in [1.54, 1.807) is 6.07 Å². The minimum Gasteiger partial charge on any atom is -1.00 e. The van der Waals surface area contributed by atoms with Crippen LogP contribution in [0.15, 0.2) is 47.1 Å². The Hall–Kier alpha value is -2.03. The Labute approximate surface area is 144 Å². The van der Waals surface area contributed by atoms with Crippen molar-refractivity contribution in [3.63, 3.8) is 0 Å². The van der Waals surface area contributed by atoms with Gasteiger partial charge in [0.05, 0.1) is 4.92 Å². The maximum Gasteiger partial charge on any atom is 0.271 e. The summed E-state index contributed by atoms with van der Waals surface area (Å²) in [5.41, 5.74) is 1.90. The highest BCUT2D eigenvalue weighted by Crippen LogP contribution is 2.26. The maximum absolute atomic E-state index is 10.8. The Bertz CT molecular complexity index is 817. The molecule has 0 amide bonds. The van der Waals surface area contributed by atoms with Crippen LogP contribution in [0.3, 0.4) is 0 Å². The molecule has 0 saturated heterocycles. The van der Waals surface area contributed by atoms with Crippen LogP contribution in [0.1, 0.15) is 13.3 Å². The minimum absolute atomic E-state index is 0. The van der Waals surface area contributed by atoms with Crippen molar-refractivity contribution in [1.29, 1.82) is 0 Å². The standard InChI is InChI=1S/C15H14N3O3.HI/c1-2-7-17-8-3-4-11(10-17)15-16-13-9-12(18(19)20)5-6-14(13)21-15;/h3-6,8-10H,2,7H2,1H3;1H/q+1;/p-1. The Kier molecular flexibility index (Phi) is 5.07. The van der Waals surface area contributed by atoms with E-state index in [2.05, 4.69) is 16.5 Å². The van der Waals surface area contributed by atoms with Gasteiger partial charge >= 0.3 is 0 Å². The van der Waals surface area contributed by atoms with Gasteiger partial charge in [0, 0.05) is 24.6 Å². The molecular weight excluding hydrogens is 397 g/mol. The zero-order valence-corrected chi connectivity index (χ0v) is 14.1. The average Bonchev–Trinajstić information content (AvgIpc) is 2.91. The molecule has 0 spiro atoms. The predicted molar refractivity (Wildman–Crippen MR) is 76.6 cm³/mol. The molecule has 0 aliphatic rings. The first-order chi connectivity index (χ1) is 10.2. The molecule has 0 aliphatic carbocycles. The number of oxazole rings is 1. The van der Waals surface area contributed by atoms with E-state index < -0.39 is 4.92 Å². The average molecular weight is 411 g/mol. The van der Waals surface area contributed by atoms with Crippen LogP contribution in [0.4, 0.5) is 5.69 Å². The molecule has 0 unspecified atom stereocenters. The van der Waals surface area contributed by atoms with Gasteiger partial charge in [0.15, 0.2) is 18.0 Å². The van der Waals surface area contributed by atoms with Crippen molar-refractivity contribution in [3.8, 4) is 11.5 Å². The molecule has 114 valence electrons. The fourth-order valence-electron chi connectivity index (χ4n) is 2.20. The van der Waals surface area contributed by atoms with E-state index in [-0.39, 0.29) is 29.7 Å². The molecule has 6 nitrogen and oxygen atoms in total.